The molecule has 2 N–H and O–H groups in total. The predicted octanol–water partition coefficient (Wildman–Crippen LogP) is 3.59. The van der Waals surface area contributed by atoms with E-state index >= 15 is 0 Å². The number of carbonyl (C=O) groups excluding carboxylic acids is 1. The highest BCUT2D eigenvalue weighted by molar-refractivity contribution is 6.33. The number of carbonyl (C=O) groups is 1. The number of hydrogen-bond donors (Lipinski definition) is 2. The molecule has 0 radical (unpaired) electrons. The van der Waals surface area contributed by atoms with Crippen molar-refractivity contribution in [1.82, 2.24) is 20.1 Å². The number of pyridine rings is 1. The molecule has 0 spiro atoms. The van der Waals surface area contributed by atoms with Crippen molar-refractivity contribution in [2.45, 2.75) is 13.5 Å². The highest BCUT2D eigenvalue weighted by Crippen LogP contribution is 2.29. The van der Waals surface area contributed by atoms with Crippen molar-refractivity contribution in [3.8, 4) is 11.5 Å². The van der Waals surface area contributed by atoms with Crippen LogP contribution in [-0.2, 0) is 6.61 Å². The molecule has 11 heteroatoms. The molecule has 1 fully saturated rings. The van der Waals surface area contributed by atoms with E-state index in [2.05, 4.69) is 20.5 Å². The van der Waals surface area contributed by atoms with Crippen LogP contribution in [0.25, 0.3) is 11.5 Å². The number of urea groups is 1. The van der Waals surface area contributed by atoms with Gasteiger partial charge in [-0.2, -0.15) is 0 Å². The lowest BCUT2D eigenvalue weighted by Crippen LogP contribution is -2.50. The second kappa shape index (κ2) is 9.09. The van der Waals surface area contributed by atoms with E-state index in [4.69, 9.17) is 32.7 Å². The molecule has 9 nitrogen and oxygen atoms in total. The van der Waals surface area contributed by atoms with Gasteiger partial charge in [-0.15, -0.1) is 10.2 Å². The van der Waals surface area contributed by atoms with Crippen molar-refractivity contribution in [2.75, 3.05) is 36.4 Å². The summed E-state index contributed by atoms with van der Waals surface area (Å²) in [6, 6.07) is 6.95. The Morgan fingerprint density at radius 3 is 2.58 bits per heavy atom. The van der Waals surface area contributed by atoms with Crippen molar-refractivity contribution in [2.24, 2.45) is 0 Å². The smallest absolute Gasteiger partial charge is 0.321 e. The Labute approximate surface area is 188 Å². The zero-order chi connectivity index (χ0) is 22.0. The van der Waals surface area contributed by atoms with Gasteiger partial charge in [0, 0.05) is 43.1 Å². The van der Waals surface area contributed by atoms with Crippen molar-refractivity contribution in [3.05, 3.63) is 52.0 Å². The third kappa shape index (κ3) is 4.73. The second-order valence-electron chi connectivity index (χ2n) is 7.06. The summed E-state index contributed by atoms with van der Waals surface area (Å²) >= 11 is 12.6. The zero-order valence-electron chi connectivity index (χ0n) is 16.7. The van der Waals surface area contributed by atoms with Gasteiger partial charge in [-0.05, 0) is 30.7 Å². The zero-order valence-corrected chi connectivity index (χ0v) is 18.2. The summed E-state index contributed by atoms with van der Waals surface area (Å²) < 4.78 is 5.32. The lowest BCUT2D eigenvalue weighted by atomic mass is 10.2. The topological polar surface area (TPSA) is 108 Å². The van der Waals surface area contributed by atoms with Crippen molar-refractivity contribution in [1.29, 1.82) is 0 Å². The number of benzene rings is 1. The summed E-state index contributed by atoms with van der Waals surface area (Å²) in [5.74, 6) is 0.984. The molecule has 31 heavy (non-hydrogen) atoms. The molecule has 1 saturated heterocycles. The fourth-order valence-corrected chi connectivity index (χ4v) is 3.68. The molecule has 0 atom stereocenters. The van der Waals surface area contributed by atoms with Crippen molar-refractivity contribution < 1.29 is 14.3 Å². The highest BCUT2D eigenvalue weighted by Gasteiger charge is 2.24. The van der Waals surface area contributed by atoms with E-state index in [1.54, 1.807) is 23.2 Å². The Morgan fingerprint density at radius 2 is 1.94 bits per heavy atom. The third-order valence-corrected chi connectivity index (χ3v) is 5.65. The average molecular weight is 463 g/mol. The minimum absolute atomic E-state index is 0.123. The number of aromatic nitrogens is 3. The number of nitrogens with one attached hydrogen (secondary N) is 1. The number of hydrogen-bond acceptors (Lipinski definition) is 7. The minimum Gasteiger partial charge on any atom is -0.418 e. The van der Waals surface area contributed by atoms with Crippen LogP contribution in [0.1, 0.15) is 11.5 Å². The summed E-state index contributed by atoms with van der Waals surface area (Å²) in [4.78, 5) is 20.8. The number of aryl methyl sites for hydroxylation is 1. The molecule has 3 heterocycles. The highest BCUT2D eigenvalue weighted by atomic mass is 35.5. The number of amides is 2. The summed E-state index contributed by atoms with van der Waals surface area (Å²) in [7, 11) is 0. The van der Waals surface area contributed by atoms with Gasteiger partial charge in [0.2, 0.25) is 11.8 Å². The van der Waals surface area contributed by atoms with Crippen LogP contribution in [-0.4, -0.2) is 57.4 Å². The fourth-order valence-electron chi connectivity index (χ4n) is 3.21. The van der Waals surface area contributed by atoms with Crippen LogP contribution in [0.4, 0.5) is 16.3 Å². The molecule has 4 rings (SSSR count). The first-order valence-electron chi connectivity index (χ1n) is 9.61. The van der Waals surface area contributed by atoms with Crippen LogP contribution in [0.15, 0.2) is 34.9 Å². The molecule has 0 aliphatic carbocycles. The second-order valence-corrected chi connectivity index (χ2v) is 7.87. The quantitative estimate of drug-likeness (QED) is 0.609. The van der Waals surface area contributed by atoms with Gasteiger partial charge < -0.3 is 24.6 Å². The molecule has 0 saturated carbocycles. The Bertz CT molecular complexity index is 1100. The van der Waals surface area contributed by atoms with Crippen LogP contribution < -0.4 is 10.2 Å². The predicted molar refractivity (Wildman–Crippen MR) is 117 cm³/mol. The summed E-state index contributed by atoms with van der Waals surface area (Å²) in [5, 5.41) is 20.6. The van der Waals surface area contributed by atoms with E-state index in [-0.39, 0.29) is 24.4 Å². The van der Waals surface area contributed by atoms with Crippen molar-refractivity contribution in [3.63, 3.8) is 0 Å². The number of nitrogens with zero attached hydrogens (tertiary/aromatic N) is 5. The molecule has 0 unspecified atom stereocenters. The molecule has 162 valence electrons. The normalized spacial score (nSPS) is 14.1. The first-order chi connectivity index (χ1) is 14.9. The maximum absolute atomic E-state index is 12.6. The standard InChI is InChI=1S/C20H20Cl2N6O3/c1-12-2-3-14(9-15(12)21)24-20(30)28-6-4-27(5-7-28)18-16(22)8-13(10-23-18)19-26-25-17(11-29)31-19/h2-3,8-10,29H,4-7,11H2,1H3,(H,24,30). The molecule has 2 aromatic heterocycles. The Hall–Kier alpha value is -2.88. The number of aliphatic hydroxyl groups excluding tert-OH is 1. The Morgan fingerprint density at radius 1 is 1.16 bits per heavy atom. The lowest BCUT2D eigenvalue weighted by molar-refractivity contribution is 0.208. The Kier molecular flexibility index (Phi) is 6.26. The molecular formula is C20H20Cl2N6O3. The number of rotatable bonds is 4. The molecule has 1 aromatic carbocycles. The van der Waals surface area contributed by atoms with E-state index in [1.807, 2.05) is 24.0 Å². The van der Waals surface area contributed by atoms with E-state index in [0.717, 1.165) is 5.56 Å². The number of halogens is 2. The van der Waals surface area contributed by atoms with Crippen LogP contribution in [0.5, 0.6) is 0 Å². The lowest BCUT2D eigenvalue weighted by Gasteiger charge is -2.35. The third-order valence-electron chi connectivity index (χ3n) is 4.96. The molecule has 1 aliphatic heterocycles. The monoisotopic (exact) mass is 462 g/mol. The van der Waals surface area contributed by atoms with Gasteiger partial charge in [0.15, 0.2) is 0 Å². The first-order valence-corrected chi connectivity index (χ1v) is 10.4. The summed E-state index contributed by atoms with van der Waals surface area (Å²) in [6.07, 6.45) is 1.59. The van der Waals surface area contributed by atoms with E-state index in [0.29, 0.717) is 53.3 Å². The largest absolute Gasteiger partial charge is 0.418 e. The van der Waals surface area contributed by atoms with E-state index < -0.39 is 0 Å². The maximum atomic E-state index is 12.6. The fraction of sp³-hybridized carbons (Fsp3) is 0.300. The molecule has 2 amide bonds. The van der Waals surface area contributed by atoms with Crippen LogP contribution in [0, 0.1) is 6.92 Å². The van der Waals surface area contributed by atoms with E-state index in [9.17, 15) is 4.79 Å². The molecular weight excluding hydrogens is 443 g/mol. The Balaban J connectivity index is 1.37. The minimum atomic E-state index is -0.332. The van der Waals surface area contributed by atoms with E-state index in [1.165, 1.54) is 0 Å². The average Bonchev–Trinajstić information content (AvgIpc) is 3.26. The van der Waals surface area contributed by atoms with Crippen LogP contribution in [0.3, 0.4) is 0 Å². The van der Waals surface area contributed by atoms with Gasteiger partial charge in [0.05, 0.1) is 10.6 Å². The van der Waals surface area contributed by atoms with Gasteiger partial charge in [-0.3, -0.25) is 0 Å². The molecule has 1 aliphatic rings. The summed E-state index contributed by atoms with van der Waals surface area (Å²) in [6.45, 7) is 3.80. The number of piperazine rings is 1. The van der Waals surface area contributed by atoms with Gasteiger partial charge in [0.1, 0.15) is 12.4 Å². The molecule has 0 bridgehead atoms. The first kappa shape index (κ1) is 21.4. The number of anilines is 2. The molecule has 3 aromatic rings. The van der Waals surface area contributed by atoms with Gasteiger partial charge >= 0.3 is 6.03 Å². The van der Waals surface area contributed by atoms with Crippen molar-refractivity contribution >= 4 is 40.7 Å². The van der Waals surface area contributed by atoms with Gasteiger partial charge in [0.25, 0.3) is 0 Å². The van der Waals surface area contributed by atoms with Gasteiger partial charge in [-0.1, -0.05) is 29.3 Å². The van der Waals surface area contributed by atoms with Gasteiger partial charge in [-0.25, -0.2) is 9.78 Å². The SMILES string of the molecule is Cc1ccc(NC(=O)N2CCN(c3ncc(-c4nnc(CO)o4)cc3Cl)CC2)cc1Cl. The van der Waals surface area contributed by atoms with Crippen LogP contribution in [0.2, 0.25) is 10.0 Å². The van der Waals surface area contributed by atoms with Crippen LogP contribution >= 0.6 is 23.2 Å². The maximum Gasteiger partial charge on any atom is 0.321 e. The number of aliphatic hydroxyl groups is 1. The summed E-state index contributed by atoms with van der Waals surface area (Å²) in [5.41, 5.74) is 2.18.